The Labute approximate surface area is 233 Å². The van der Waals surface area contributed by atoms with Crippen molar-refractivity contribution in [2.24, 2.45) is 0 Å². The molecule has 0 N–H and O–H groups in total. The molecular weight excluding hydrogens is 526 g/mol. The first-order valence-electron chi connectivity index (χ1n) is 13.1. The van der Waals surface area contributed by atoms with E-state index >= 15 is 0 Å². The van der Waals surface area contributed by atoms with E-state index in [1.807, 2.05) is 31.2 Å². The van der Waals surface area contributed by atoms with Gasteiger partial charge in [-0.3, -0.25) is 14.4 Å². The van der Waals surface area contributed by atoms with Gasteiger partial charge in [0.25, 0.3) is 11.8 Å². The maximum Gasteiger partial charge on any atom is 0.291 e. The Balaban J connectivity index is 1.52. The average molecular weight is 549 g/mol. The Morgan fingerprint density at radius 2 is 1.51 bits per heavy atom. The van der Waals surface area contributed by atoms with Crippen molar-refractivity contribution >= 4 is 28.5 Å². The highest BCUT2D eigenvalue weighted by Gasteiger charge is 2.65. The van der Waals surface area contributed by atoms with Gasteiger partial charge in [0.05, 0.1) is 23.2 Å². The largest absolute Gasteiger partial charge is 0.450 e. The van der Waals surface area contributed by atoms with E-state index in [0.29, 0.717) is 16.8 Å². The number of halogens is 2. The summed E-state index contributed by atoms with van der Waals surface area (Å²) in [6.07, 6.45) is 0. The lowest BCUT2D eigenvalue weighted by Crippen LogP contribution is -2.53. The van der Waals surface area contributed by atoms with Crippen molar-refractivity contribution in [2.45, 2.75) is 25.6 Å². The molecular formula is C33H22F2N2O4. The van der Waals surface area contributed by atoms with Gasteiger partial charge in [0.1, 0.15) is 17.2 Å². The summed E-state index contributed by atoms with van der Waals surface area (Å²) in [6.45, 7) is 2.04. The number of carbonyl (C=O) groups excluding carboxylic acids is 2. The van der Waals surface area contributed by atoms with E-state index in [9.17, 15) is 23.2 Å². The van der Waals surface area contributed by atoms with Crippen LogP contribution in [0.5, 0.6) is 0 Å². The third kappa shape index (κ3) is 3.50. The topological polar surface area (TPSA) is 70.8 Å². The summed E-state index contributed by atoms with van der Waals surface area (Å²) in [5.41, 5.74) is 0.779. The van der Waals surface area contributed by atoms with Crippen LogP contribution >= 0.6 is 0 Å². The zero-order valence-corrected chi connectivity index (χ0v) is 21.9. The van der Waals surface area contributed by atoms with E-state index in [2.05, 4.69) is 0 Å². The highest BCUT2D eigenvalue weighted by Crippen LogP contribution is 2.53. The lowest BCUT2D eigenvalue weighted by atomic mass is 9.83. The van der Waals surface area contributed by atoms with Gasteiger partial charge in [0, 0.05) is 12.1 Å². The second-order valence-corrected chi connectivity index (χ2v) is 10.3. The molecule has 0 saturated carbocycles. The summed E-state index contributed by atoms with van der Waals surface area (Å²) in [5.74, 6) is -2.52. The van der Waals surface area contributed by atoms with E-state index in [-0.39, 0.29) is 35.4 Å². The van der Waals surface area contributed by atoms with E-state index in [1.54, 1.807) is 29.2 Å². The van der Waals surface area contributed by atoms with Gasteiger partial charge >= 0.3 is 0 Å². The minimum absolute atomic E-state index is 0.0396. The van der Waals surface area contributed by atoms with Crippen molar-refractivity contribution in [1.82, 2.24) is 4.90 Å². The third-order valence-electron chi connectivity index (χ3n) is 8.04. The molecule has 202 valence electrons. The number of anilines is 1. The Kier molecular flexibility index (Phi) is 5.44. The molecule has 1 atom stereocenters. The molecule has 7 rings (SSSR count). The molecule has 1 spiro atoms. The highest BCUT2D eigenvalue weighted by molar-refractivity contribution is 6.17. The smallest absolute Gasteiger partial charge is 0.291 e. The standard InChI is InChI=1S/C33H22F2N2O4/c1-19-6-2-3-7-21(19)18-36-26-9-5-4-8-25(26)33(32(36)40)28-29(38)24-16-23(35)14-15-27(24)41-30(28)31(39)37(33)17-20-10-12-22(34)13-11-20/h2-16H,17-18H2,1H3. The molecule has 0 aliphatic carbocycles. The number of aryl methyl sites for hydroxylation is 1. The molecule has 8 heteroatoms. The van der Waals surface area contributed by atoms with Crippen molar-refractivity contribution in [1.29, 1.82) is 0 Å². The van der Waals surface area contributed by atoms with Gasteiger partial charge in [-0.05, 0) is 60.0 Å². The Morgan fingerprint density at radius 1 is 0.805 bits per heavy atom. The minimum atomic E-state index is -1.87. The Bertz CT molecular complexity index is 1970. The van der Waals surface area contributed by atoms with Crippen LogP contribution < -0.4 is 10.3 Å². The second-order valence-electron chi connectivity index (χ2n) is 10.3. The van der Waals surface area contributed by atoms with Gasteiger partial charge < -0.3 is 14.2 Å². The first-order chi connectivity index (χ1) is 19.8. The summed E-state index contributed by atoms with van der Waals surface area (Å²) in [7, 11) is 0. The van der Waals surface area contributed by atoms with Crippen molar-refractivity contribution in [3.05, 3.63) is 146 Å². The molecule has 3 heterocycles. The quantitative estimate of drug-likeness (QED) is 0.284. The Hall–Kier alpha value is -5.11. The molecule has 0 fully saturated rings. The molecule has 0 saturated heterocycles. The van der Waals surface area contributed by atoms with Crippen molar-refractivity contribution in [2.75, 3.05) is 4.90 Å². The zero-order chi connectivity index (χ0) is 28.5. The van der Waals surface area contributed by atoms with Gasteiger partial charge in [-0.15, -0.1) is 0 Å². The lowest BCUT2D eigenvalue weighted by Gasteiger charge is -2.34. The normalized spacial score (nSPS) is 17.5. The van der Waals surface area contributed by atoms with Crippen LogP contribution in [0.3, 0.4) is 0 Å². The predicted octanol–water partition coefficient (Wildman–Crippen LogP) is 5.83. The first kappa shape index (κ1) is 24.9. The fraction of sp³-hybridized carbons (Fsp3) is 0.121. The number of para-hydroxylation sites is 1. The number of nitrogens with zero attached hydrogens (tertiary/aromatic N) is 2. The number of benzene rings is 4. The Morgan fingerprint density at radius 3 is 2.29 bits per heavy atom. The molecule has 41 heavy (non-hydrogen) atoms. The molecule has 5 aromatic rings. The second kappa shape index (κ2) is 8.96. The molecule has 2 aliphatic rings. The van der Waals surface area contributed by atoms with Gasteiger partial charge in [-0.1, -0.05) is 54.6 Å². The van der Waals surface area contributed by atoms with Crippen molar-refractivity contribution in [3.8, 4) is 0 Å². The van der Waals surface area contributed by atoms with E-state index in [1.165, 1.54) is 35.2 Å². The van der Waals surface area contributed by atoms with E-state index in [0.717, 1.165) is 23.3 Å². The third-order valence-corrected chi connectivity index (χ3v) is 8.04. The van der Waals surface area contributed by atoms with Gasteiger partial charge in [0.2, 0.25) is 5.76 Å². The molecule has 0 bridgehead atoms. The summed E-state index contributed by atoms with van der Waals surface area (Å²) in [6, 6.07) is 23.8. The number of carbonyl (C=O) groups is 2. The minimum Gasteiger partial charge on any atom is -0.450 e. The first-order valence-corrected chi connectivity index (χ1v) is 13.1. The molecule has 2 amide bonds. The van der Waals surface area contributed by atoms with Crippen LogP contribution in [0, 0.1) is 18.6 Å². The summed E-state index contributed by atoms with van der Waals surface area (Å²) in [4.78, 5) is 46.0. The molecule has 1 aromatic heterocycles. The lowest BCUT2D eigenvalue weighted by molar-refractivity contribution is -0.126. The van der Waals surface area contributed by atoms with Crippen LogP contribution in [-0.4, -0.2) is 16.7 Å². The maximum atomic E-state index is 14.8. The van der Waals surface area contributed by atoms with Gasteiger partial charge in [0.15, 0.2) is 11.0 Å². The number of hydrogen-bond acceptors (Lipinski definition) is 4. The summed E-state index contributed by atoms with van der Waals surface area (Å²) >= 11 is 0. The molecule has 1 unspecified atom stereocenters. The molecule has 2 aliphatic heterocycles. The highest BCUT2D eigenvalue weighted by atomic mass is 19.1. The monoisotopic (exact) mass is 548 g/mol. The van der Waals surface area contributed by atoms with E-state index in [4.69, 9.17) is 4.42 Å². The van der Waals surface area contributed by atoms with Crippen LogP contribution in [0.1, 0.15) is 38.4 Å². The number of rotatable bonds is 4. The van der Waals surface area contributed by atoms with Crippen LogP contribution in [-0.2, 0) is 23.4 Å². The van der Waals surface area contributed by atoms with Gasteiger partial charge in [-0.25, -0.2) is 8.78 Å². The molecule has 0 radical (unpaired) electrons. The van der Waals surface area contributed by atoms with Crippen LogP contribution in [0.15, 0.2) is 100 Å². The fourth-order valence-electron chi connectivity index (χ4n) is 6.07. The summed E-state index contributed by atoms with van der Waals surface area (Å²) in [5, 5.41) is -0.0674. The molecule has 4 aromatic carbocycles. The molecule has 6 nitrogen and oxygen atoms in total. The van der Waals surface area contributed by atoms with Crippen molar-refractivity contribution < 1.29 is 22.8 Å². The van der Waals surface area contributed by atoms with Crippen LogP contribution in [0.4, 0.5) is 14.5 Å². The van der Waals surface area contributed by atoms with E-state index < -0.39 is 34.4 Å². The van der Waals surface area contributed by atoms with Crippen molar-refractivity contribution in [3.63, 3.8) is 0 Å². The number of amides is 2. The predicted molar refractivity (Wildman–Crippen MR) is 148 cm³/mol. The zero-order valence-electron chi connectivity index (χ0n) is 21.9. The number of fused-ring (bicyclic) bond motifs is 5. The fourth-order valence-corrected chi connectivity index (χ4v) is 6.07. The van der Waals surface area contributed by atoms with Crippen LogP contribution in [0.2, 0.25) is 0 Å². The average Bonchev–Trinajstić information content (AvgIpc) is 3.36. The SMILES string of the molecule is Cc1ccccc1CN1C(=O)C2(c3ccccc31)c1c(oc3ccc(F)cc3c1=O)C(=O)N2Cc1ccc(F)cc1. The number of hydrogen-bond donors (Lipinski definition) is 0. The van der Waals surface area contributed by atoms with Gasteiger partial charge in [-0.2, -0.15) is 0 Å². The maximum absolute atomic E-state index is 14.8. The van der Waals surface area contributed by atoms with Crippen LogP contribution in [0.25, 0.3) is 11.0 Å². The summed E-state index contributed by atoms with van der Waals surface area (Å²) < 4.78 is 34.0.